The van der Waals surface area contributed by atoms with Crippen molar-refractivity contribution in [3.63, 3.8) is 0 Å². The van der Waals surface area contributed by atoms with Crippen LogP contribution in [0.15, 0.2) is 48.5 Å². The Balaban J connectivity index is 1.34. The van der Waals surface area contributed by atoms with Crippen molar-refractivity contribution in [2.45, 2.75) is 19.9 Å². The van der Waals surface area contributed by atoms with Crippen molar-refractivity contribution in [2.75, 3.05) is 39.3 Å². The number of halogens is 1. The zero-order valence-electron chi connectivity index (χ0n) is 16.0. The van der Waals surface area contributed by atoms with Gasteiger partial charge >= 0.3 is 0 Å². The van der Waals surface area contributed by atoms with Gasteiger partial charge in [0, 0.05) is 39.3 Å². The first-order valence-electron chi connectivity index (χ1n) is 9.60. The Labute approximate surface area is 161 Å². The quantitative estimate of drug-likeness (QED) is 0.815. The van der Waals surface area contributed by atoms with Crippen molar-refractivity contribution in [3.8, 4) is 0 Å². The van der Waals surface area contributed by atoms with Crippen molar-refractivity contribution in [2.24, 2.45) is 0 Å². The summed E-state index contributed by atoms with van der Waals surface area (Å²) in [4.78, 5) is 16.8. The van der Waals surface area contributed by atoms with Gasteiger partial charge in [-0.3, -0.25) is 14.6 Å². The molecule has 0 atom stereocenters. The summed E-state index contributed by atoms with van der Waals surface area (Å²) in [7, 11) is 0. The average molecular weight is 369 g/mol. The molecule has 1 heterocycles. The molecule has 144 valence electrons. The minimum atomic E-state index is -0.232. The smallest absolute Gasteiger partial charge is 0.234 e. The fraction of sp³-hybridized carbons (Fsp3) is 0.409. The van der Waals surface area contributed by atoms with Gasteiger partial charge in [0.2, 0.25) is 5.91 Å². The Bertz CT molecular complexity index is 739. The van der Waals surface area contributed by atoms with Crippen LogP contribution >= 0.6 is 0 Å². The zero-order valence-corrected chi connectivity index (χ0v) is 16.0. The second-order valence-electron chi connectivity index (χ2n) is 7.21. The molecular weight excluding hydrogens is 341 g/mol. The van der Waals surface area contributed by atoms with E-state index in [4.69, 9.17) is 0 Å². The van der Waals surface area contributed by atoms with Gasteiger partial charge < -0.3 is 5.32 Å². The van der Waals surface area contributed by atoms with E-state index in [1.165, 1.54) is 23.3 Å². The Morgan fingerprint density at radius 3 is 2.37 bits per heavy atom. The fourth-order valence-corrected chi connectivity index (χ4v) is 3.39. The third kappa shape index (κ3) is 6.15. The molecule has 1 fully saturated rings. The number of rotatable bonds is 7. The number of piperazine rings is 1. The molecule has 4 nitrogen and oxygen atoms in total. The monoisotopic (exact) mass is 369 g/mol. The Morgan fingerprint density at radius 2 is 1.67 bits per heavy atom. The number of hydrogen-bond donors (Lipinski definition) is 1. The highest BCUT2D eigenvalue weighted by atomic mass is 19.1. The van der Waals surface area contributed by atoms with Crippen LogP contribution in [0.4, 0.5) is 4.39 Å². The first-order chi connectivity index (χ1) is 13.1. The first-order valence-corrected chi connectivity index (χ1v) is 9.60. The Kier molecular flexibility index (Phi) is 6.96. The topological polar surface area (TPSA) is 35.6 Å². The fourth-order valence-electron chi connectivity index (χ4n) is 3.39. The molecule has 2 aromatic carbocycles. The summed E-state index contributed by atoms with van der Waals surface area (Å²) < 4.78 is 12.9. The number of carbonyl (C=O) groups excluding carboxylic acids is 1. The summed E-state index contributed by atoms with van der Waals surface area (Å²) in [5, 5.41) is 2.96. The molecule has 1 saturated heterocycles. The third-order valence-electron chi connectivity index (χ3n) is 5.14. The van der Waals surface area contributed by atoms with E-state index in [2.05, 4.69) is 46.3 Å². The van der Waals surface area contributed by atoms with Crippen LogP contribution in [-0.2, 0) is 17.8 Å². The first kappa shape index (κ1) is 19.5. The lowest BCUT2D eigenvalue weighted by atomic mass is 10.1. The predicted molar refractivity (Wildman–Crippen MR) is 106 cm³/mol. The molecule has 0 radical (unpaired) electrons. The lowest BCUT2D eigenvalue weighted by molar-refractivity contribution is -0.122. The van der Waals surface area contributed by atoms with Gasteiger partial charge in [0.25, 0.3) is 0 Å². The molecule has 0 bridgehead atoms. The molecule has 0 aromatic heterocycles. The normalized spacial score (nSPS) is 15.6. The average Bonchev–Trinajstić information content (AvgIpc) is 2.67. The molecule has 1 amide bonds. The summed E-state index contributed by atoms with van der Waals surface area (Å²) >= 11 is 0. The summed E-state index contributed by atoms with van der Waals surface area (Å²) in [5.41, 5.74) is 3.74. The number of hydrogen-bond acceptors (Lipinski definition) is 3. The van der Waals surface area contributed by atoms with E-state index in [0.717, 1.165) is 44.7 Å². The van der Waals surface area contributed by atoms with E-state index in [0.29, 0.717) is 13.1 Å². The molecule has 1 aliphatic heterocycles. The molecular formula is C22H28FN3O. The largest absolute Gasteiger partial charge is 0.355 e. The SMILES string of the molecule is Cc1ccccc1CN1CCN(CC(=O)NCCc2ccc(F)cc2)CC1. The van der Waals surface area contributed by atoms with Gasteiger partial charge in [-0.15, -0.1) is 0 Å². The highest BCUT2D eigenvalue weighted by Gasteiger charge is 2.19. The van der Waals surface area contributed by atoms with Crippen molar-refractivity contribution in [1.82, 2.24) is 15.1 Å². The van der Waals surface area contributed by atoms with Crippen molar-refractivity contribution in [3.05, 3.63) is 71.0 Å². The zero-order chi connectivity index (χ0) is 19.1. The number of nitrogens with one attached hydrogen (secondary N) is 1. The number of aryl methyl sites for hydroxylation is 1. The van der Waals surface area contributed by atoms with Crippen LogP contribution in [0.1, 0.15) is 16.7 Å². The molecule has 1 aliphatic rings. The number of benzene rings is 2. The van der Waals surface area contributed by atoms with Crippen LogP contribution in [0.5, 0.6) is 0 Å². The highest BCUT2D eigenvalue weighted by Crippen LogP contribution is 2.12. The van der Waals surface area contributed by atoms with E-state index in [-0.39, 0.29) is 11.7 Å². The molecule has 27 heavy (non-hydrogen) atoms. The van der Waals surface area contributed by atoms with Crippen LogP contribution in [0.3, 0.4) is 0 Å². The van der Waals surface area contributed by atoms with Gasteiger partial charge in [0.1, 0.15) is 5.82 Å². The van der Waals surface area contributed by atoms with E-state index in [9.17, 15) is 9.18 Å². The summed E-state index contributed by atoms with van der Waals surface area (Å²) in [6.07, 6.45) is 0.718. The molecule has 1 N–H and O–H groups in total. The lowest BCUT2D eigenvalue weighted by Crippen LogP contribution is -2.49. The molecule has 0 aliphatic carbocycles. The maximum atomic E-state index is 12.9. The Morgan fingerprint density at radius 1 is 1.00 bits per heavy atom. The van der Waals surface area contributed by atoms with Gasteiger partial charge in [-0.25, -0.2) is 4.39 Å². The van der Waals surface area contributed by atoms with Crippen molar-refractivity contribution in [1.29, 1.82) is 0 Å². The standard InChI is InChI=1S/C22H28FN3O/c1-18-4-2-3-5-20(18)16-25-12-14-26(15-13-25)17-22(27)24-11-10-19-6-8-21(23)9-7-19/h2-9H,10-17H2,1H3,(H,24,27). The van der Waals surface area contributed by atoms with Crippen LogP contribution in [0.25, 0.3) is 0 Å². The summed E-state index contributed by atoms with van der Waals surface area (Å²) in [5.74, 6) is -0.172. The van der Waals surface area contributed by atoms with Crippen molar-refractivity contribution >= 4 is 5.91 Å². The summed E-state index contributed by atoms with van der Waals surface area (Å²) in [6.45, 7) is 7.95. The van der Waals surface area contributed by atoms with Gasteiger partial charge in [0.05, 0.1) is 6.54 Å². The second kappa shape index (κ2) is 9.62. The van der Waals surface area contributed by atoms with Gasteiger partial charge in [-0.1, -0.05) is 36.4 Å². The van der Waals surface area contributed by atoms with Crippen LogP contribution in [0.2, 0.25) is 0 Å². The van der Waals surface area contributed by atoms with Crippen LogP contribution in [0, 0.1) is 12.7 Å². The number of carbonyl (C=O) groups is 1. The maximum absolute atomic E-state index is 12.9. The van der Waals surface area contributed by atoms with E-state index < -0.39 is 0 Å². The molecule has 2 aromatic rings. The lowest BCUT2D eigenvalue weighted by Gasteiger charge is -2.34. The molecule has 0 spiro atoms. The van der Waals surface area contributed by atoms with Gasteiger partial charge in [0.15, 0.2) is 0 Å². The predicted octanol–water partition coefficient (Wildman–Crippen LogP) is 2.61. The molecule has 0 saturated carbocycles. The van der Waals surface area contributed by atoms with Gasteiger partial charge in [-0.05, 0) is 42.2 Å². The molecule has 3 rings (SSSR count). The van der Waals surface area contributed by atoms with Gasteiger partial charge in [-0.2, -0.15) is 0 Å². The number of nitrogens with zero attached hydrogens (tertiary/aromatic N) is 2. The van der Waals surface area contributed by atoms with E-state index >= 15 is 0 Å². The molecule has 5 heteroatoms. The Hall–Kier alpha value is -2.24. The van der Waals surface area contributed by atoms with E-state index in [1.807, 2.05) is 0 Å². The third-order valence-corrected chi connectivity index (χ3v) is 5.14. The summed E-state index contributed by atoms with van der Waals surface area (Å²) in [6, 6.07) is 14.9. The molecule has 0 unspecified atom stereocenters. The maximum Gasteiger partial charge on any atom is 0.234 e. The van der Waals surface area contributed by atoms with Crippen LogP contribution in [-0.4, -0.2) is 55.0 Å². The highest BCUT2D eigenvalue weighted by molar-refractivity contribution is 5.78. The van der Waals surface area contributed by atoms with Crippen LogP contribution < -0.4 is 5.32 Å². The van der Waals surface area contributed by atoms with Crippen molar-refractivity contribution < 1.29 is 9.18 Å². The second-order valence-corrected chi connectivity index (χ2v) is 7.21. The minimum absolute atomic E-state index is 0.0597. The van der Waals surface area contributed by atoms with E-state index in [1.54, 1.807) is 12.1 Å². The minimum Gasteiger partial charge on any atom is -0.355 e. The number of amides is 1.